The number of rotatable bonds is 5. The summed E-state index contributed by atoms with van der Waals surface area (Å²) in [4.78, 5) is 10.6. The number of carbonyl (C=O) groups is 1. The van der Waals surface area contributed by atoms with Gasteiger partial charge in [0.1, 0.15) is 0 Å². The third-order valence-electron chi connectivity index (χ3n) is 2.11. The zero-order chi connectivity index (χ0) is 12.0. The van der Waals surface area contributed by atoms with Crippen molar-refractivity contribution < 1.29 is 9.90 Å². The van der Waals surface area contributed by atoms with E-state index in [-0.39, 0.29) is 5.92 Å². The predicted molar refractivity (Wildman–Crippen MR) is 64.1 cm³/mol. The Bertz CT molecular complexity index is 412. The van der Waals surface area contributed by atoms with E-state index in [0.29, 0.717) is 11.3 Å². The number of hydrogen-bond acceptors (Lipinski definition) is 3. The lowest BCUT2D eigenvalue weighted by Crippen LogP contribution is -2.11. The molecule has 0 fully saturated rings. The molecule has 1 aromatic carbocycles. The first-order valence-corrected chi connectivity index (χ1v) is 6.08. The van der Waals surface area contributed by atoms with Crippen molar-refractivity contribution in [3.8, 4) is 6.07 Å². The smallest absolute Gasteiger partial charge is 0.307 e. The number of nitrogens with zero attached hydrogens (tertiary/aromatic N) is 1. The summed E-state index contributed by atoms with van der Waals surface area (Å²) >= 11 is 1.57. The molecule has 1 N–H and O–H groups in total. The predicted octanol–water partition coefficient (Wildman–Crippen LogP) is 2.51. The maximum atomic E-state index is 10.6. The number of nitriles is 1. The molecular weight excluding hydrogens is 222 g/mol. The highest BCUT2D eigenvalue weighted by Gasteiger charge is 2.10. The number of carboxylic acids is 1. The molecule has 84 valence electrons. The van der Waals surface area contributed by atoms with Gasteiger partial charge in [-0.1, -0.05) is 19.1 Å². The molecule has 0 aliphatic carbocycles. The van der Waals surface area contributed by atoms with Crippen molar-refractivity contribution in [3.63, 3.8) is 0 Å². The number of benzene rings is 1. The standard InChI is InChI=1S/C12H13NO2S/c1-9(12(14)15)7-16-8-11-4-2-3-10(5-11)6-13/h2-5,9H,7-8H2,1H3,(H,14,15). The SMILES string of the molecule is CC(CSCc1cccc(C#N)c1)C(=O)O. The highest BCUT2D eigenvalue weighted by atomic mass is 32.2. The van der Waals surface area contributed by atoms with Crippen molar-refractivity contribution in [1.29, 1.82) is 5.26 Å². The topological polar surface area (TPSA) is 61.1 Å². The normalized spacial score (nSPS) is 11.8. The van der Waals surface area contributed by atoms with E-state index in [2.05, 4.69) is 6.07 Å². The molecule has 1 unspecified atom stereocenters. The van der Waals surface area contributed by atoms with Crippen LogP contribution in [0.25, 0.3) is 0 Å². The average molecular weight is 235 g/mol. The second-order valence-corrected chi connectivity index (χ2v) is 4.60. The molecule has 0 heterocycles. The van der Waals surface area contributed by atoms with E-state index in [9.17, 15) is 4.79 Å². The summed E-state index contributed by atoms with van der Waals surface area (Å²) in [6, 6.07) is 9.46. The minimum absolute atomic E-state index is 0.329. The van der Waals surface area contributed by atoms with Crippen LogP contribution in [-0.4, -0.2) is 16.8 Å². The Morgan fingerprint density at radius 2 is 2.38 bits per heavy atom. The van der Waals surface area contributed by atoms with E-state index in [0.717, 1.165) is 11.3 Å². The Morgan fingerprint density at radius 1 is 1.62 bits per heavy atom. The number of thioether (sulfide) groups is 1. The van der Waals surface area contributed by atoms with Crippen LogP contribution in [0.2, 0.25) is 0 Å². The average Bonchev–Trinajstić information content (AvgIpc) is 2.29. The third kappa shape index (κ3) is 3.95. The highest BCUT2D eigenvalue weighted by Crippen LogP contribution is 2.16. The number of carboxylic acid groups (broad SMARTS) is 1. The first-order chi connectivity index (χ1) is 7.63. The molecule has 0 aromatic heterocycles. The number of hydrogen-bond donors (Lipinski definition) is 1. The van der Waals surface area contributed by atoms with E-state index in [4.69, 9.17) is 10.4 Å². The van der Waals surface area contributed by atoms with Crippen LogP contribution < -0.4 is 0 Å². The molecule has 0 aliphatic rings. The van der Waals surface area contributed by atoms with Gasteiger partial charge in [0.15, 0.2) is 0 Å². The quantitative estimate of drug-likeness (QED) is 0.851. The largest absolute Gasteiger partial charge is 0.481 e. The molecule has 0 saturated carbocycles. The Kier molecular flexibility index (Phi) is 4.87. The maximum absolute atomic E-state index is 10.6. The van der Waals surface area contributed by atoms with E-state index < -0.39 is 5.97 Å². The molecule has 0 radical (unpaired) electrons. The van der Waals surface area contributed by atoms with Crippen LogP contribution in [0.3, 0.4) is 0 Å². The van der Waals surface area contributed by atoms with Crippen LogP contribution in [-0.2, 0) is 10.5 Å². The van der Waals surface area contributed by atoms with E-state index in [1.54, 1.807) is 24.8 Å². The summed E-state index contributed by atoms with van der Waals surface area (Å²) in [7, 11) is 0. The molecule has 0 bridgehead atoms. The maximum Gasteiger partial charge on any atom is 0.307 e. The molecule has 0 saturated heterocycles. The van der Waals surface area contributed by atoms with Crippen molar-refractivity contribution in [2.45, 2.75) is 12.7 Å². The van der Waals surface area contributed by atoms with Crippen molar-refractivity contribution in [2.75, 3.05) is 5.75 Å². The molecular formula is C12H13NO2S. The Morgan fingerprint density at radius 3 is 3.00 bits per heavy atom. The summed E-state index contributed by atoms with van der Waals surface area (Å²) < 4.78 is 0. The van der Waals surface area contributed by atoms with Crippen molar-refractivity contribution >= 4 is 17.7 Å². The fraction of sp³-hybridized carbons (Fsp3) is 0.333. The zero-order valence-electron chi connectivity index (χ0n) is 9.01. The van der Waals surface area contributed by atoms with Crippen LogP contribution in [0, 0.1) is 17.2 Å². The fourth-order valence-corrected chi connectivity index (χ4v) is 2.18. The summed E-state index contributed by atoms with van der Waals surface area (Å²) in [6.45, 7) is 1.70. The van der Waals surface area contributed by atoms with Gasteiger partial charge in [0, 0.05) is 11.5 Å². The van der Waals surface area contributed by atoms with E-state index >= 15 is 0 Å². The van der Waals surface area contributed by atoms with Gasteiger partial charge in [-0.3, -0.25) is 4.79 Å². The van der Waals surface area contributed by atoms with Gasteiger partial charge in [0.25, 0.3) is 0 Å². The molecule has 3 nitrogen and oxygen atoms in total. The summed E-state index contributed by atoms with van der Waals surface area (Å²) in [5, 5.41) is 17.4. The van der Waals surface area contributed by atoms with Gasteiger partial charge >= 0.3 is 5.97 Å². The van der Waals surface area contributed by atoms with Crippen molar-refractivity contribution in [1.82, 2.24) is 0 Å². The lowest BCUT2D eigenvalue weighted by Gasteiger charge is -2.05. The second-order valence-electron chi connectivity index (χ2n) is 3.57. The van der Waals surface area contributed by atoms with Gasteiger partial charge < -0.3 is 5.11 Å². The first-order valence-electron chi connectivity index (χ1n) is 4.93. The van der Waals surface area contributed by atoms with Gasteiger partial charge in [-0.15, -0.1) is 0 Å². The zero-order valence-corrected chi connectivity index (χ0v) is 9.83. The van der Waals surface area contributed by atoms with Crippen LogP contribution >= 0.6 is 11.8 Å². The van der Waals surface area contributed by atoms with Crippen molar-refractivity contribution in [3.05, 3.63) is 35.4 Å². The van der Waals surface area contributed by atoms with Gasteiger partial charge in [0.05, 0.1) is 17.6 Å². The highest BCUT2D eigenvalue weighted by molar-refractivity contribution is 7.98. The minimum Gasteiger partial charge on any atom is -0.481 e. The Hall–Kier alpha value is -1.47. The van der Waals surface area contributed by atoms with Gasteiger partial charge in [-0.2, -0.15) is 17.0 Å². The minimum atomic E-state index is -0.765. The van der Waals surface area contributed by atoms with E-state index in [1.807, 2.05) is 18.2 Å². The molecule has 1 atom stereocenters. The van der Waals surface area contributed by atoms with Crippen LogP contribution in [0.5, 0.6) is 0 Å². The molecule has 0 aliphatic heterocycles. The van der Waals surface area contributed by atoms with E-state index in [1.165, 1.54) is 0 Å². The molecule has 0 spiro atoms. The Labute approximate surface area is 99.1 Å². The first kappa shape index (κ1) is 12.6. The number of aliphatic carboxylic acids is 1. The van der Waals surface area contributed by atoms with Crippen LogP contribution in [0.15, 0.2) is 24.3 Å². The van der Waals surface area contributed by atoms with Gasteiger partial charge in [-0.05, 0) is 17.7 Å². The molecule has 1 rings (SSSR count). The monoisotopic (exact) mass is 235 g/mol. The third-order valence-corrected chi connectivity index (χ3v) is 3.39. The van der Waals surface area contributed by atoms with Crippen LogP contribution in [0.4, 0.5) is 0 Å². The Balaban J connectivity index is 2.43. The second kappa shape index (κ2) is 6.19. The molecule has 16 heavy (non-hydrogen) atoms. The summed E-state index contributed by atoms with van der Waals surface area (Å²) in [6.07, 6.45) is 0. The molecule has 1 aromatic rings. The summed E-state index contributed by atoms with van der Waals surface area (Å²) in [5.74, 6) is 0.238. The van der Waals surface area contributed by atoms with Crippen LogP contribution in [0.1, 0.15) is 18.1 Å². The molecule has 4 heteroatoms. The van der Waals surface area contributed by atoms with Gasteiger partial charge in [0.2, 0.25) is 0 Å². The lowest BCUT2D eigenvalue weighted by atomic mass is 10.2. The summed E-state index contributed by atoms with van der Waals surface area (Å²) in [5.41, 5.74) is 1.70. The lowest BCUT2D eigenvalue weighted by molar-refractivity contribution is -0.140. The van der Waals surface area contributed by atoms with Crippen molar-refractivity contribution in [2.24, 2.45) is 5.92 Å². The van der Waals surface area contributed by atoms with Gasteiger partial charge in [-0.25, -0.2) is 0 Å². The fourth-order valence-electron chi connectivity index (χ4n) is 1.16. The molecule has 0 amide bonds.